The van der Waals surface area contributed by atoms with Crippen LogP contribution in [0.25, 0.3) is 16.5 Å². The lowest BCUT2D eigenvalue weighted by Crippen LogP contribution is -2.50. The molecule has 1 aliphatic rings. The number of nitrogens with zero attached hydrogens (tertiary/aromatic N) is 5. The first-order valence-corrected chi connectivity index (χ1v) is 8.39. The Labute approximate surface area is 148 Å². The standard InChI is InChI=1S/C18H25N5O2/c1-18(2,3)25-17(24)23-13-11-22(12-14-23)16-8-6-15(7-9-16)5-4-10-20-21-19/h4-9H,10-14H2,1-3H3. The molecule has 0 unspecified atom stereocenters. The van der Waals surface area contributed by atoms with Crippen LogP contribution in [0.4, 0.5) is 10.5 Å². The Balaban J connectivity index is 1.87. The number of rotatable bonds is 4. The van der Waals surface area contributed by atoms with Crippen LogP contribution in [0.1, 0.15) is 26.3 Å². The zero-order valence-electron chi connectivity index (χ0n) is 15.1. The van der Waals surface area contributed by atoms with Gasteiger partial charge in [-0.25, -0.2) is 4.79 Å². The second kappa shape index (κ2) is 8.44. The molecule has 0 aliphatic carbocycles. The number of carbonyl (C=O) groups excluding carboxylic acids is 1. The fourth-order valence-electron chi connectivity index (χ4n) is 2.54. The Morgan fingerprint density at radius 1 is 1.24 bits per heavy atom. The van der Waals surface area contributed by atoms with Crippen molar-refractivity contribution in [2.75, 3.05) is 37.6 Å². The highest BCUT2D eigenvalue weighted by Gasteiger charge is 2.25. The number of hydrogen-bond donors (Lipinski definition) is 0. The zero-order valence-corrected chi connectivity index (χ0v) is 15.1. The maximum atomic E-state index is 12.1. The van der Waals surface area contributed by atoms with E-state index < -0.39 is 5.60 Å². The van der Waals surface area contributed by atoms with E-state index in [4.69, 9.17) is 10.3 Å². The van der Waals surface area contributed by atoms with Crippen molar-refractivity contribution >= 4 is 17.9 Å². The number of amides is 1. The van der Waals surface area contributed by atoms with Gasteiger partial charge >= 0.3 is 6.09 Å². The molecule has 0 saturated carbocycles. The maximum absolute atomic E-state index is 12.1. The summed E-state index contributed by atoms with van der Waals surface area (Å²) >= 11 is 0. The quantitative estimate of drug-likeness (QED) is 0.469. The third-order valence-corrected chi connectivity index (χ3v) is 3.75. The molecule has 7 nitrogen and oxygen atoms in total. The molecule has 1 heterocycles. The fraction of sp³-hybridized carbons (Fsp3) is 0.500. The highest BCUT2D eigenvalue weighted by atomic mass is 16.6. The molecule has 134 valence electrons. The van der Waals surface area contributed by atoms with Gasteiger partial charge < -0.3 is 14.5 Å². The van der Waals surface area contributed by atoms with Crippen LogP contribution < -0.4 is 4.90 Å². The lowest BCUT2D eigenvalue weighted by atomic mass is 10.1. The molecule has 0 atom stereocenters. The minimum absolute atomic E-state index is 0.243. The smallest absolute Gasteiger partial charge is 0.410 e. The van der Waals surface area contributed by atoms with E-state index in [2.05, 4.69) is 27.1 Å². The average molecular weight is 343 g/mol. The molecule has 0 spiro atoms. The van der Waals surface area contributed by atoms with Crippen LogP contribution >= 0.6 is 0 Å². The Morgan fingerprint density at radius 2 is 1.88 bits per heavy atom. The predicted octanol–water partition coefficient (Wildman–Crippen LogP) is 4.07. The number of azide groups is 1. The second-order valence-corrected chi connectivity index (χ2v) is 6.86. The van der Waals surface area contributed by atoms with Crippen molar-refractivity contribution in [1.82, 2.24) is 4.90 Å². The molecule has 1 saturated heterocycles. The summed E-state index contributed by atoms with van der Waals surface area (Å²) < 4.78 is 5.42. The van der Waals surface area contributed by atoms with Crippen molar-refractivity contribution in [3.63, 3.8) is 0 Å². The van der Waals surface area contributed by atoms with Gasteiger partial charge in [-0.05, 0) is 44.0 Å². The van der Waals surface area contributed by atoms with E-state index in [1.165, 1.54) is 0 Å². The molecule has 1 amide bonds. The summed E-state index contributed by atoms with van der Waals surface area (Å²) in [4.78, 5) is 18.8. The van der Waals surface area contributed by atoms with E-state index in [9.17, 15) is 4.79 Å². The summed E-state index contributed by atoms with van der Waals surface area (Å²) in [6.07, 6.45) is 3.51. The van der Waals surface area contributed by atoms with Crippen LogP contribution in [0.3, 0.4) is 0 Å². The lowest BCUT2D eigenvalue weighted by Gasteiger charge is -2.36. The van der Waals surface area contributed by atoms with E-state index in [-0.39, 0.29) is 6.09 Å². The van der Waals surface area contributed by atoms with E-state index in [0.29, 0.717) is 19.6 Å². The van der Waals surface area contributed by atoms with Gasteiger partial charge in [-0.1, -0.05) is 29.4 Å². The maximum Gasteiger partial charge on any atom is 0.410 e. The van der Waals surface area contributed by atoms with Gasteiger partial charge in [-0.2, -0.15) is 0 Å². The minimum atomic E-state index is -0.462. The molecule has 0 N–H and O–H groups in total. The zero-order chi connectivity index (χ0) is 18.3. The summed E-state index contributed by atoms with van der Waals surface area (Å²) in [7, 11) is 0. The molecule has 0 aromatic heterocycles. The first kappa shape index (κ1) is 18.7. The summed E-state index contributed by atoms with van der Waals surface area (Å²) in [5.74, 6) is 0. The second-order valence-electron chi connectivity index (χ2n) is 6.86. The van der Waals surface area contributed by atoms with Gasteiger partial charge in [0.2, 0.25) is 0 Å². The molecular formula is C18H25N5O2. The van der Waals surface area contributed by atoms with Crippen LogP contribution in [0.2, 0.25) is 0 Å². The van der Waals surface area contributed by atoms with Crippen molar-refractivity contribution in [2.24, 2.45) is 5.11 Å². The Kier molecular flexibility index (Phi) is 6.31. The van der Waals surface area contributed by atoms with Crippen LogP contribution in [-0.4, -0.2) is 49.3 Å². The topological polar surface area (TPSA) is 81.5 Å². The van der Waals surface area contributed by atoms with Gasteiger partial charge in [0.1, 0.15) is 5.60 Å². The van der Waals surface area contributed by atoms with Crippen LogP contribution in [0, 0.1) is 0 Å². The molecule has 25 heavy (non-hydrogen) atoms. The number of piperazine rings is 1. The van der Waals surface area contributed by atoms with Gasteiger partial charge in [-0.15, -0.1) is 0 Å². The third kappa shape index (κ3) is 6.04. The number of benzene rings is 1. The molecule has 1 aromatic carbocycles. The molecule has 2 rings (SSSR count). The third-order valence-electron chi connectivity index (χ3n) is 3.75. The molecule has 1 aromatic rings. The number of ether oxygens (including phenoxy) is 1. The molecule has 1 fully saturated rings. The lowest BCUT2D eigenvalue weighted by molar-refractivity contribution is 0.0240. The van der Waals surface area contributed by atoms with E-state index in [1.54, 1.807) is 4.90 Å². The van der Waals surface area contributed by atoms with Crippen LogP contribution in [0.15, 0.2) is 35.5 Å². The Hall–Kier alpha value is -2.66. The summed E-state index contributed by atoms with van der Waals surface area (Å²) in [5, 5.41) is 3.46. The molecule has 0 bridgehead atoms. The van der Waals surface area contributed by atoms with Gasteiger partial charge in [0.25, 0.3) is 0 Å². The van der Waals surface area contributed by atoms with Crippen molar-refractivity contribution in [1.29, 1.82) is 0 Å². The van der Waals surface area contributed by atoms with Crippen LogP contribution in [0.5, 0.6) is 0 Å². The number of hydrogen-bond acceptors (Lipinski definition) is 4. The summed E-state index contributed by atoms with van der Waals surface area (Å²) in [6, 6.07) is 8.19. The van der Waals surface area contributed by atoms with Crippen molar-refractivity contribution in [3.8, 4) is 0 Å². The number of anilines is 1. The summed E-state index contributed by atoms with van der Waals surface area (Å²) in [5.41, 5.74) is 9.97. The van der Waals surface area contributed by atoms with E-state index >= 15 is 0 Å². The molecular weight excluding hydrogens is 318 g/mol. The van der Waals surface area contributed by atoms with Crippen molar-refractivity contribution in [3.05, 3.63) is 46.3 Å². The number of carbonyl (C=O) groups is 1. The van der Waals surface area contributed by atoms with Gasteiger partial charge in [0, 0.05) is 43.3 Å². The van der Waals surface area contributed by atoms with Crippen LogP contribution in [-0.2, 0) is 4.74 Å². The average Bonchev–Trinajstić information content (AvgIpc) is 2.58. The predicted molar refractivity (Wildman–Crippen MR) is 99.5 cm³/mol. The van der Waals surface area contributed by atoms with Gasteiger partial charge in [-0.3, -0.25) is 0 Å². The highest BCUT2D eigenvalue weighted by molar-refractivity contribution is 5.68. The van der Waals surface area contributed by atoms with Gasteiger partial charge in [0.05, 0.1) is 0 Å². The molecule has 7 heteroatoms. The van der Waals surface area contributed by atoms with Gasteiger partial charge in [0.15, 0.2) is 0 Å². The SMILES string of the molecule is CC(C)(C)OC(=O)N1CCN(c2ccc(C=CCN=[N+]=[N-])cc2)CC1. The highest BCUT2D eigenvalue weighted by Crippen LogP contribution is 2.19. The monoisotopic (exact) mass is 343 g/mol. The van der Waals surface area contributed by atoms with Crippen molar-refractivity contribution < 1.29 is 9.53 Å². The minimum Gasteiger partial charge on any atom is -0.444 e. The normalized spacial score (nSPS) is 15.2. The fourth-order valence-corrected chi connectivity index (χ4v) is 2.54. The van der Waals surface area contributed by atoms with E-state index in [1.807, 2.05) is 45.1 Å². The van der Waals surface area contributed by atoms with E-state index in [0.717, 1.165) is 24.3 Å². The molecule has 1 aliphatic heterocycles. The Morgan fingerprint density at radius 3 is 2.44 bits per heavy atom. The first-order valence-electron chi connectivity index (χ1n) is 8.39. The summed E-state index contributed by atoms with van der Waals surface area (Å²) in [6.45, 7) is 8.87. The Bertz CT molecular complexity index is 649. The molecule has 0 radical (unpaired) electrons. The van der Waals surface area contributed by atoms with Crippen molar-refractivity contribution in [2.45, 2.75) is 26.4 Å². The first-order chi connectivity index (χ1) is 11.9. The largest absolute Gasteiger partial charge is 0.444 e.